The molecule has 140 valence electrons. The van der Waals surface area contributed by atoms with Crippen molar-refractivity contribution in [1.82, 2.24) is 10.3 Å². The zero-order valence-corrected chi connectivity index (χ0v) is 15.7. The van der Waals surface area contributed by atoms with Crippen LogP contribution in [0.3, 0.4) is 0 Å². The summed E-state index contributed by atoms with van der Waals surface area (Å²) in [5, 5.41) is 3.26. The van der Waals surface area contributed by atoms with Crippen molar-refractivity contribution >= 4 is 5.96 Å². The van der Waals surface area contributed by atoms with Crippen LogP contribution in [0.25, 0.3) is 0 Å². The molecule has 0 aliphatic carbocycles. The number of aromatic nitrogens is 1. The maximum atomic E-state index is 6.00. The van der Waals surface area contributed by atoms with Crippen molar-refractivity contribution in [3.05, 3.63) is 23.9 Å². The van der Waals surface area contributed by atoms with Crippen LogP contribution in [0, 0.1) is 5.92 Å². The van der Waals surface area contributed by atoms with Gasteiger partial charge in [-0.05, 0) is 30.9 Å². The fourth-order valence-corrected chi connectivity index (χ4v) is 2.77. The Kier molecular flexibility index (Phi) is 7.98. The van der Waals surface area contributed by atoms with Crippen LogP contribution in [0.5, 0.6) is 5.88 Å². The van der Waals surface area contributed by atoms with Crippen molar-refractivity contribution < 1.29 is 9.47 Å². The minimum Gasteiger partial charge on any atom is -0.472 e. The van der Waals surface area contributed by atoms with Gasteiger partial charge in [-0.25, -0.2) is 9.98 Å². The number of hydrogen-bond acceptors (Lipinski definition) is 4. The van der Waals surface area contributed by atoms with Gasteiger partial charge in [0.05, 0.1) is 19.8 Å². The predicted molar refractivity (Wildman–Crippen MR) is 101 cm³/mol. The van der Waals surface area contributed by atoms with Crippen molar-refractivity contribution in [2.75, 3.05) is 13.2 Å². The van der Waals surface area contributed by atoms with Gasteiger partial charge < -0.3 is 20.5 Å². The first-order chi connectivity index (χ1) is 12.0. The SMILES string of the molecule is CC(C)CCCC(C)NC(N)=NCc1ccnc(OC2CCOC2)c1. The summed E-state index contributed by atoms with van der Waals surface area (Å²) >= 11 is 0. The predicted octanol–water partition coefficient (Wildman–Crippen LogP) is 2.87. The number of guanidine groups is 1. The van der Waals surface area contributed by atoms with E-state index in [4.69, 9.17) is 15.2 Å². The van der Waals surface area contributed by atoms with Crippen molar-refractivity contribution in [2.45, 2.75) is 65.1 Å². The molecule has 3 N–H and O–H groups in total. The molecule has 0 radical (unpaired) electrons. The summed E-state index contributed by atoms with van der Waals surface area (Å²) in [5.74, 6) is 1.86. The molecule has 1 aliphatic heterocycles. The summed E-state index contributed by atoms with van der Waals surface area (Å²) in [6, 6.07) is 4.18. The average Bonchev–Trinajstić information content (AvgIpc) is 3.06. The van der Waals surface area contributed by atoms with E-state index in [1.54, 1.807) is 6.20 Å². The smallest absolute Gasteiger partial charge is 0.213 e. The van der Waals surface area contributed by atoms with Gasteiger partial charge in [-0.1, -0.05) is 26.7 Å². The van der Waals surface area contributed by atoms with Crippen LogP contribution in [0.15, 0.2) is 23.3 Å². The molecule has 2 unspecified atom stereocenters. The second-order valence-corrected chi connectivity index (χ2v) is 7.18. The minimum absolute atomic E-state index is 0.102. The molecule has 1 aromatic heterocycles. The lowest BCUT2D eigenvalue weighted by Gasteiger charge is -2.15. The fraction of sp³-hybridized carbons (Fsp3) is 0.684. The highest BCUT2D eigenvalue weighted by molar-refractivity contribution is 5.78. The molecule has 0 spiro atoms. The maximum absolute atomic E-state index is 6.00. The Hall–Kier alpha value is -1.82. The third-order valence-electron chi connectivity index (χ3n) is 4.22. The van der Waals surface area contributed by atoms with Crippen LogP contribution < -0.4 is 15.8 Å². The van der Waals surface area contributed by atoms with Gasteiger partial charge in [0.25, 0.3) is 0 Å². The van der Waals surface area contributed by atoms with E-state index in [9.17, 15) is 0 Å². The second-order valence-electron chi connectivity index (χ2n) is 7.18. The monoisotopic (exact) mass is 348 g/mol. The molecule has 6 heteroatoms. The average molecular weight is 348 g/mol. The van der Waals surface area contributed by atoms with Crippen LogP contribution in [0.1, 0.15) is 52.0 Å². The summed E-state index contributed by atoms with van der Waals surface area (Å²) in [5.41, 5.74) is 7.03. The Balaban J connectivity index is 1.77. The first-order valence-electron chi connectivity index (χ1n) is 9.28. The minimum atomic E-state index is 0.102. The quantitative estimate of drug-likeness (QED) is 0.530. The van der Waals surface area contributed by atoms with E-state index in [1.807, 2.05) is 12.1 Å². The number of hydrogen-bond donors (Lipinski definition) is 2. The van der Waals surface area contributed by atoms with Gasteiger partial charge in [-0.3, -0.25) is 0 Å². The molecule has 1 saturated heterocycles. The lowest BCUT2D eigenvalue weighted by atomic mass is 10.0. The van der Waals surface area contributed by atoms with Crippen LogP contribution in [0.2, 0.25) is 0 Å². The van der Waals surface area contributed by atoms with Gasteiger partial charge in [0.2, 0.25) is 5.88 Å². The zero-order valence-electron chi connectivity index (χ0n) is 15.7. The molecule has 0 aromatic carbocycles. The lowest BCUT2D eigenvalue weighted by Crippen LogP contribution is -2.38. The zero-order chi connectivity index (χ0) is 18.1. The van der Waals surface area contributed by atoms with Crippen molar-refractivity contribution in [3.8, 4) is 5.88 Å². The number of nitrogens with one attached hydrogen (secondary N) is 1. The van der Waals surface area contributed by atoms with Crippen LogP contribution >= 0.6 is 0 Å². The normalized spacial score (nSPS) is 19.2. The topological polar surface area (TPSA) is 81.8 Å². The van der Waals surface area contributed by atoms with Crippen LogP contribution in [-0.4, -0.2) is 36.3 Å². The van der Waals surface area contributed by atoms with E-state index >= 15 is 0 Å². The Bertz CT molecular complexity index is 542. The van der Waals surface area contributed by atoms with Gasteiger partial charge in [0.15, 0.2) is 5.96 Å². The number of nitrogens with zero attached hydrogens (tertiary/aromatic N) is 2. The molecule has 2 heterocycles. The largest absolute Gasteiger partial charge is 0.472 e. The number of aliphatic imine (C=N–C) groups is 1. The highest BCUT2D eigenvalue weighted by Gasteiger charge is 2.17. The maximum Gasteiger partial charge on any atom is 0.213 e. The highest BCUT2D eigenvalue weighted by atomic mass is 16.5. The molecule has 2 atom stereocenters. The van der Waals surface area contributed by atoms with Crippen LogP contribution in [0.4, 0.5) is 0 Å². The first kappa shape index (κ1) is 19.5. The van der Waals surface area contributed by atoms with Crippen LogP contribution in [-0.2, 0) is 11.3 Å². The fourth-order valence-electron chi connectivity index (χ4n) is 2.77. The third-order valence-corrected chi connectivity index (χ3v) is 4.22. The molecule has 0 amide bonds. The van der Waals surface area contributed by atoms with Crippen molar-refractivity contribution in [2.24, 2.45) is 16.6 Å². The molecular formula is C19H32N4O2. The summed E-state index contributed by atoms with van der Waals surface area (Å²) < 4.78 is 11.1. The van der Waals surface area contributed by atoms with E-state index in [1.165, 1.54) is 12.8 Å². The lowest BCUT2D eigenvalue weighted by molar-refractivity contribution is 0.138. The van der Waals surface area contributed by atoms with Gasteiger partial charge in [-0.2, -0.15) is 0 Å². The standard InChI is InChI=1S/C19H32N4O2/c1-14(2)5-4-6-15(3)23-19(20)22-12-16-7-9-21-18(11-16)25-17-8-10-24-13-17/h7,9,11,14-15,17H,4-6,8,10,12-13H2,1-3H3,(H3,20,22,23). The van der Waals surface area contributed by atoms with Crippen molar-refractivity contribution in [3.63, 3.8) is 0 Å². The van der Waals surface area contributed by atoms with E-state index in [0.717, 1.165) is 30.9 Å². The molecule has 1 aromatic rings. The molecule has 6 nitrogen and oxygen atoms in total. The van der Waals surface area contributed by atoms with E-state index in [0.29, 0.717) is 31.0 Å². The molecule has 0 bridgehead atoms. The number of ether oxygens (including phenoxy) is 2. The van der Waals surface area contributed by atoms with Crippen molar-refractivity contribution in [1.29, 1.82) is 0 Å². The summed E-state index contributed by atoms with van der Waals surface area (Å²) in [4.78, 5) is 8.68. The first-order valence-corrected chi connectivity index (χ1v) is 9.28. The van der Waals surface area contributed by atoms with E-state index in [2.05, 4.69) is 36.1 Å². The van der Waals surface area contributed by atoms with E-state index < -0.39 is 0 Å². The number of nitrogens with two attached hydrogens (primary N) is 1. The van der Waals surface area contributed by atoms with Gasteiger partial charge in [0, 0.05) is 24.7 Å². The Labute approximate surface area is 151 Å². The molecule has 1 aliphatic rings. The molecular weight excluding hydrogens is 316 g/mol. The summed E-state index contributed by atoms with van der Waals surface area (Å²) in [7, 11) is 0. The number of rotatable bonds is 9. The van der Waals surface area contributed by atoms with Gasteiger partial charge >= 0.3 is 0 Å². The summed E-state index contributed by atoms with van der Waals surface area (Å²) in [6.07, 6.45) is 6.31. The highest BCUT2D eigenvalue weighted by Crippen LogP contribution is 2.16. The Morgan fingerprint density at radius 1 is 1.44 bits per heavy atom. The molecule has 1 fully saturated rings. The van der Waals surface area contributed by atoms with Gasteiger partial charge in [-0.15, -0.1) is 0 Å². The third kappa shape index (κ3) is 7.73. The van der Waals surface area contributed by atoms with Gasteiger partial charge in [0.1, 0.15) is 6.10 Å². The van der Waals surface area contributed by atoms with E-state index in [-0.39, 0.29) is 6.10 Å². The summed E-state index contributed by atoms with van der Waals surface area (Å²) in [6.45, 7) is 8.55. The number of pyridine rings is 1. The Morgan fingerprint density at radius 3 is 3.00 bits per heavy atom. The molecule has 2 rings (SSSR count). The second kappa shape index (κ2) is 10.2. The Morgan fingerprint density at radius 2 is 2.28 bits per heavy atom. The molecule has 25 heavy (non-hydrogen) atoms. The molecule has 0 saturated carbocycles.